The van der Waals surface area contributed by atoms with Gasteiger partial charge in [0.05, 0.1) is 0 Å². The van der Waals surface area contributed by atoms with Crippen LogP contribution >= 0.6 is 0 Å². The fourth-order valence-corrected chi connectivity index (χ4v) is 3.13. The Labute approximate surface area is 171 Å². The number of allylic oxidation sites excluding steroid dienone is 1. The van der Waals surface area contributed by atoms with Crippen molar-refractivity contribution >= 4 is 11.8 Å². The van der Waals surface area contributed by atoms with Crippen molar-refractivity contribution in [3.8, 4) is 5.75 Å². The lowest BCUT2D eigenvalue weighted by Crippen LogP contribution is -2.08. The quantitative estimate of drug-likeness (QED) is 0.133. The van der Waals surface area contributed by atoms with Crippen molar-refractivity contribution in [2.75, 3.05) is 0 Å². The first-order valence-corrected chi connectivity index (χ1v) is 11.0. The number of benzene rings is 1. The minimum absolute atomic E-state index is 0.0289. The van der Waals surface area contributed by atoms with Gasteiger partial charge in [0.15, 0.2) is 5.78 Å². The summed E-state index contributed by atoms with van der Waals surface area (Å²) in [4.78, 5) is 23.6. The van der Waals surface area contributed by atoms with Crippen molar-refractivity contribution in [2.24, 2.45) is 0 Å². The minimum atomic E-state index is -0.179. The summed E-state index contributed by atoms with van der Waals surface area (Å²) in [6.07, 6.45) is 14.7. The summed E-state index contributed by atoms with van der Waals surface area (Å²) in [6, 6.07) is 7.15. The second kappa shape index (κ2) is 15.1. The van der Waals surface area contributed by atoms with Crippen molar-refractivity contribution in [3.05, 3.63) is 42.0 Å². The number of carbonyl (C=O) groups excluding carboxylic acids is 2. The fraction of sp³-hybridized carbons (Fsp3) is 0.600. The minimum Gasteiger partial charge on any atom is -0.427 e. The maximum Gasteiger partial charge on any atom is 0.311 e. The maximum absolute atomic E-state index is 11.9. The van der Waals surface area contributed by atoms with Gasteiger partial charge in [0.1, 0.15) is 5.75 Å². The molecule has 3 nitrogen and oxygen atoms in total. The summed E-state index contributed by atoms with van der Waals surface area (Å²) < 4.78 is 5.37. The zero-order chi connectivity index (χ0) is 20.6. The summed E-state index contributed by atoms with van der Waals surface area (Å²) in [5.41, 5.74) is 1.46. The van der Waals surface area contributed by atoms with Crippen LogP contribution in [-0.2, 0) is 16.0 Å². The lowest BCUT2D eigenvalue weighted by molar-refractivity contribution is -0.134. The largest absolute Gasteiger partial charge is 0.427 e. The Morgan fingerprint density at radius 3 is 1.82 bits per heavy atom. The summed E-state index contributed by atoms with van der Waals surface area (Å²) >= 11 is 0. The van der Waals surface area contributed by atoms with Crippen LogP contribution < -0.4 is 4.74 Å². The van der Waals surface area contributed by atoms with E-state index in [2.05, 4.69) is 13.5 Å². The van der Waals surface area contributed by atoms with Gasteiger partial charge >= 0.3 is 5.97 Å². The van der Waals surface area contributed by atoms with Crippen molar-refractivity contribution in [2.45, 2.75) is 97.3 Å². The van der Waals surface area contributed by atoms with E-state index in [0.29, 0.717) is 24.2 Å². The summed E-state index contributed by atoms with van der Waals surface area (Å²) in [7, 11) is 0. The molecule has 0 spiro atoms. The monoisotopic (exact) mass is 386 g/mol. The molecule has 0 aromatic heterocycles. The Morgan fingerprint density at radius 1 is 0.821 bits per heavy atom. The second-order valence-corrected chi connectivity index (χ2v) is 7.78. The number of esters is 1. The van der Waals surface area contributed by atoms with Gasteiger partial charge in [-0.1, -0.05) is 89.8 Å². The molecule has 3 heteroatoms. The SMILES string of the molecule is C=C(C)C(=O)Cc1ccc(OC(=O)CCCCCCCCCCCCC)cc1. The standard InChI is InChI=1S/C25H38O3/c1-4-5-6-7-8-9-10-11-12-13-14-15-25(27)28-23-18-16-22(17-19-23)20-24(26)21(2)3/h16-19H,2,4-15,20H2,1,3H3. The van der Waals surface area contributed by atoms with E-state index in [1.54, 1.807) is 19.1 Å². The molecule has 0 radical (unpaired) electrons. The zero-order valence-electron chi connectivity index (χ0n) is 17.9. The predicted molar refractivity (Wildman–Crippen MR) is 117 cm³/mol. The van der Waals surface area contributed by atoms with E-state index >= 15 is 0 Å². The lowest BCUT2D eigenvalue weighted by atomic mass is 10.1. The van der Waals surface area contributed by atoms with Crippen LogP contribution in [0.1, 0.15) is 96.5 Å². The van der Waals surface area contributed by atoms with Crippen molar-refractivity contribution < 1.29 is 14.3 Å². The van der Waals surface area contributed by atoms with E-state index in [0.717, 1.165) is 18.4 Å². The number of ether oxygens (including phenoxy) is 1. The first kappa shape index (κ1) is 24.1. The van der Waals surface area contributed by atoms with Gasteiger partial charge in [-0.05, 0) is 36.6 Å². The van der Waals surface area contributed by atoms with E-state index in [1.165, 1.54) is 57.8 Å². The lowest BCUT2D eigenvalue weighted by Gasteiger charge is -2.06. The van der Waals surface area contributed by atoms with E-state index in [4.69, 9.17) is 4.74 Å². The van der Waals surface area contributed by atoms with E-state index in [-0.39, 0.29) is 11.8 Å². The van der Waals surface area contributed by atoms with Crippen LogP contribution in [0.15, 0.2) is 36.4 Å². The summed E-state index contributed by atoms with van der Waals surface area (Å²) in [5, 5.41) is 0. The molecule has 0 N–H and O–H groups in total. The summed E-state index contributed by atoms with van der Waals surface area (Å²) in [5.74, 6) is 0.391. The molecule has 0 saturated heterocycles. The number of rotatable bonds is 16. The molecule has 28 heavy (non-hydrogen) atoms. The first-order chi connectivity index (χ1) is 13.5. The van der Waals surface area contributed by atoms with Gasteiger partial charge in [0, 0.05) is 12.8 Å². The van der Waals surface area contributed by atoms with Gasteiger partial charge in [-0.15, -0.1) is 0 Å². The number of ketones is 1. The molecule has 1 aromatic rings. The van der Waals surface area contributed by atoms with Gasteiger partial charge in [-0.3, -0.25) is 9.59 Å². The highest BCUT2D eigenvalue weighted by molar-refractivity contribution is 5.95. The molecule has 156 valence electrons. The molecule has 0 fully saturated rings. The number of hydrogen-bond acceptors (Lipinski definition) is 3. The van der Waals surface area contributed by atoms with Gasteiger partial charge in [0.25, 0.3) is 0 Å². The van der Waals surface area contributed by atoms with Crippen LogP contribution in [-0.4, -0.2) is 11.8 Å². The number of Topliss-reactive ketones (excluding diaryl/α,β-unsaturated/α-hetero) is 1. The Kier molecular flexibility index (Phi) is 13.0. The Morgan fingerprint density at radius 2 is 1.32 bits per heavy atom. The van der Waals surface area contributed by atoms with E-state index in [9.17, 15) is 9.59 Å². The summed E-state index contributed by atoms with van der Waals surface area (Å²) in [6.45, 7) is 7.63. The third kappa shape index (κ3) is 11.7. The normalized spacial score (nSPS) is 10.6. The molecule has 0 amide bonds. The highest BCUT2D eigenvalue weighted by Gasteiger charge is 2.07. The average molecular weight is 387 g/mol. The van der Waals surface area contributed by atoms with Gasteiger partial charge in [-0.2, -0.15) is 0 Å². The molecule has 0 aliphatic rings. The van der Waals surface area contributed by atoms with Crippen LogP contribution in [0.3, 0.4) is 0 Å². The van der Waals surface area contributed by atoms with Gasteiger partial charge < -0.3 is 4.74 Å². The van der Waals surface area contributed by atoms with Crippen LogP contribution in [0, 0.1) is 0 Å². The van der Waals surface area contributed by atoms with E-state index < -0.39 is 0 Å². The first-order valence-electron chi connectivity index (χ1n) is 11.0. The highest BCUT2D eigenvalue weighted by atomic mass is 16.5. The molecular weight excluding hydrogens is 348 g/mol. The third-order valence-electron chi connectivity index (χ3n) is 4.98. The number of unbranched alkanes of at least 4 members (excludes halogenated alkanes) is 10. The fourth-order valence-electron chi connectivity index (χ4n) is 3.13. The van der Waals surface area contributed by atoms with Crippen molar-refractivity contribution in [1.29, 1.82) is 0 Å². The Hall–Kier alpha value is -1.90. The smallest absolute Gasteiger partial charge is 0.311 e. The predicted octanol–water partition coefficient (Wildman–Crippen LogP) is 6.98. The average Bonchev–Trinajstić information content (AvgIpc) is 2.67. The molecule has 0 aliphatic carbocycles. The van der Waals surface area contributed by atoms with E-state index in [1.807, 2.05) is 12.1 Å². The molecule has 0 bridgehead atoms. The van der Waals surface area contributed by atoms with Crippen LogP contribution in [0.2, 0.25) is 0 Å². The molecule has 0 aliphatic heterocycles. The van der Waals surface area contributed by atoms with Gasteiger partial charge in [0.2, 0.25) is 0 Å². The van der Waals surface area contributed by atoms with Crippen molar-refractivity contribution in [3.63, 3.8) is 0 Å². The maximum atomic E-state index is 11.9. The molecule has 1 aromatic carbocycles. The Bertz CT molecular complexity index is 586. The topological polar surface area (TPSA) is 43.4 Å². The molecule has 0 atom stereocenters. The zero-order valence-corrected chi connectivity index (χ0v) is 17.9. The molecule has 1 rings (SSSR count). The van der Waals surface area contributed by atoms with Crippen LogP contribution in [0.4, 0.5) is 0 Å². The number of hydrogen-bond donors (Lipinski definition) is 0. The second-order valence-electron chi connectivity index (χ2n) is 7.78. The van der Waals surface area contributed by atoms with Crippen LogP contribution in [0.5, 0.6) is 5.75 Å². The molecule has 0 unspecified atom stereocenters. The molecular formula is C25H38O3. The Balaban J connectivity index is 2.07. The third-order valence-corrected chi connectivity index (χ3v) is 4.98. The van der Waals surface area contributed by atoms with Gasteiger partial charge in [-0.25, -0.2) is 0 Å². The molecule has 0 saturated carbocycles. The van der Waals surface area contributed by atoms with Crippen molar-refractivity contribution in [1.82, 2.24) is 0 Å². The molecule has 0 heterocycles. The number of carbonyl (C=O) groups is 2. The highest BCUT2D eigenvalue weighted by Crippen LogP contribution is 2.16. The van der Waals surface area contributed by atoms with Crippen LogP contribution in [0.25, 0.3) is 0 Å².